The molecule has 0 amide bonds. The van der Waals surface area contributed by atoms with Crippen LogP contribution in [0, 0.1) is 0 Å². The second kappa shape index (κ2) is 7.69. The first kappa shape index (κ1) is 16.2. The Morgan fingerprint density at radius 1 is 1.10 bits per heavy atom. The first-order chi connectivity index (χ1) is 10.1. The van der Waals surface area contributed by atoms with E-state index in [2.05, 4.69) is 24.4 Å². The number of halogens is 2. The van der Waals surface area contributed by atoms with E-state index in [1.807, 2.05) is 24.3 Å². The Balaban J connectivity index is 1.89. The molecule has 4 heteroatoms. The molecule has 0 aliphatic carbocycles. The van der Waals surface area contributed by atoms with Crippen LogP contribution >= 0.6 is 23.2 Å². The number of hydrogen-bond acceptors (Lipinski definition) is 2. The summed E-state index contributed by atoms with van der Waals surface area (Å²) in [4.78, 5) is 0. The Kier molecular flexibility index (Phi) is 5.92. The predicted octanol–water partition coefficient (Wildman–Crippen LogP) is 4.90. The summed E-state index contributed by atoms with van der Waals surface area (Å²) in [6, 6.07) is 14.0. The van der Waals surface area contributed by atoms with Crippen LogP contribution in [0.1, 0.15) is 24.1 Å². The standard InChI is InChI=1S/C17H19Cl2NO/c1-12(15-4-3-5-16(18)17(15)19)20-11-10-13-6-8-14(21-2)9-7-13/h3-9,12,20H,10-11H2,1-2H3. The number of methoxy groups -OCH3 is 1. The molecule has 0 fully saturated rings. The molecule has 112 valence electrons. The molecule has 2 rings (SSSR count). The Bertz CT molecular complexity index is 584. The van der Waals surface area contributed by atoms with E-state index >= 15 is 0 Å². The van der Waals surface area contributed by atoms with Crippen LogP contribution in [-0.2, 0) is 6.42 Å². The smallest absolute Gasteiger partial charge is 0.118 e. The van der Waals surface area contributed by atoms with Gasteiger partial charge in [0.2, 0.25) is 0 Å². The Morgan fingerprint density at radius 2 is 1.81 bits per heavy atom. The van der Waals surface area contributed by atoms with Crippen LogP contribution < -0.4 is 10.1 Å². The Labute approximate surface area is 136 Å². The van der Waals surface area contributed by atoms with Gasteiger partial charge in [-0.25, -0.2) is 0 Å². The van der Waals surface area contributed by atoms with Gasteiger partial charge in [0.25, 0.3) is 0 Å². The van der Waals surface area contributed by atoms with Crippen LogP contribution in [0.4, 0.5) is 0 Å². The molecule has 1 N–H and O–H groups in total. The third kappa shape index (κ3) is 4.37. The lowest BCUT2D eigenvalue weighted by Gasteiger charge is -2.16. The van der Waals surface area contributed by atoms with Gasteiger partial charge in [-0.1, -0.05) is 47.5 Å². The van der Waals surface area contributed by atoms with Gasteiger partial charge in [0.05, 0.1) is 17.2 Å². The van der Waals surface area contributed by atoms with E-state index in [0.29, 0.717) is 10.0 Å². The number of hydrogen-bond donors (Lipinski definition) is 1. The van der Waals surface area contributed by atoms with Crippen molar-refractivity contribution >= 4 is 23.2 Å². The van der Waals surface area contributed by atoms with Crippen LogP contribution in [0.2, 0.25) is 10.0 Å². The number of ether oxygens (including phenoxy) is 1. The van der Waals surface area contributed by atoms with Gasteiger partial charge in [0.15, 0.2) is 0 Å². The zero-order valence-corrected chi connectivity index (χ0v) is 13.7. The van der Waals surface area contributed by atoms with Gasteiger partial charge in [-0.2, -0.15) is 0 Å². The number of benzene rings is 2. The van der Waals surface area contributed by atoms with E-state index in [1.165, 1.54) is 5.56 Å². The zero-order valence-electron chi connectivity index (χ0n) is 12.2. The fourth-order valence-electron chi connectivity index (χ4n) is 2.19. The molecular formula is C17H19Cl2NO. The van der Waals surface area contributed by atoms with E-state index in [1.54, 1.807) is 13.2 Å². The van der Waals surface area contributed by atoms with Crippen LogP contribution in [0.25, 0.3) is 0 Å². The monoisotopic (exact) mass is 323 g/mol. The summed E-state index contributed by atoms with van der Waals surface area (Å²) in [5, 5.41) is 4.69. The molecule has 0 spiro atoms. The van der Waals surface area contributed by atoms with E-state index < -0.39 is 0 Å². The van der Waals surface area contributed by atoms with Gasteiger partial charge in [0.1, 0.15) is 5.75 Å². The maximum absolute atomic E-state index is 6.23. The highest BCUT2D eigenvalue weighted by Gasteiger charge is 2.11. The van der Waals surface area contributed by atoms with Crippen LogP contribution in [-0.4, -0.2) is 13.7 Å². The first-order valence-electron chi connectivity index (χ1n) is 6.92. The third-order valence-electron chi connectivity index (χ3n) is 3.47. The topological polar surface area (TPSA) is 21.3 Å². The van der Waals surface area contributed by atoms with Gasteiger partial charge in [-0.15, -0.1) is 0 Å². The van der Waals surface area contributed by atoms with Crippen molar-refractivity contribution in [1.82, 2.24) is 5.32 Å². The molecule has 1 unspecified atom stereocenters. The van der Waals surface area contributed by atoms with Gasteiger partial charge < -0.3 is 10.1 Å². The van der Waals surface area contributed by atoms with Gasteiger partial charge in [-0.3, -0.25) is 0 Å². The minimum atomic E-state index is 0.162. The first-order valence-corrected chi connectivity index (χ1v) is 7.67. The molecule has 0 bridgehead atoms. The summed E-state index contributed by atoms with van der Waals surface area (Å²) in [5.74, 6) is 0.880. The predicted molar refractivity (Wildman–Crippen MR) is 89.6 cm³/mol. The number of rotatable bonds is 6. The average Bonchev–Trinajstić information content (AvgIpc) is 2.50. The van der Waals surface area contributed by atoms with Crippen molar-refractivity contribution in [3.63, 3.8) is 0 Å². The fourth-order valence-corrected chi connectivity index (χ4v) is 2.66. The average molecular weight is 324 g/mol. The fraction of sp³-hybridized carbons (Fsp3) is 0.294. The number of nitrogens with one attached hydrogen (secondary N) is 1. The maximum Gasteiger partial charge on any atom is 0.118 e. The van der Waals surface area contributed by atoms with Crippen molar-refractivity contribution in [2.75, 3.05) is 13.7 Å². The zero-order chi connectivity index (χ0) is 15.2. The molecule has 0 heterocycles. The third-order valence-corrected chi connectivity index (χ3v) is 4.30. The molecule has 0 aliphatic rings. The summed E-state index contributed by atoms with van der Waals surface area (Å²) in [7, 11) is 1.67. The molecule has 21 heavy (non-hydrogen) atoms. The van der Waals surface area contributed by atoms with E-state index in [4.69, 9.17) is 27.9 Å². The van der Waals surface area contributed by atoms with Crippen molar-refractivity contribution in [1.29, 1.82) is 0 Å². The molecule has 0 aliphatic heterocycles. The molecule has 0 aromatic heterocycles. The summed E-state index contributed by atoms with van der Waals surface area (Å²) in [6.07, 6.45) is 0.951. The van der Waals surface area contributed by atoms with Crippen LogP contribution in [0.3, 0.4) is 0 Å². The highest BCUT2D eigenvalue weighted by molar-refractivity contribution is 6.42. The van der Waals surface area contributed by atoms with Gasteiger partial charge in [-0.05, 0) is 49.2 Å². The highest BCUT2D eigenvalue weighted by atomic mass is 35.5. The van der Waals surface area contributed by atoms with Crippen molar-refractivity contribution in [2.45, 2.75) is 19.4 Å². The lowest BCUT2D eigenvalue weighted by Crippen LogP contribution is -2.21. The van der Waals surface area contributed by atoms with Gasteiger partial charge >= 0.3 is 0 Å². The minimum Gasteiger partial charge on any atom is -0.497 e. The van der Waals surface area contributed by atoms with Crippen LogP contribution in [0.5, 0.6) is 5.75 Å². The molecule has 0 saturated heterocycles. The van der Waals surface area contributed by atoms with Gasteiger partial charge in [0, 0.05) is 6.04 Å². The molecule has 0 saturated carbocycles. The highest BCUT2D eigenvalue weighted by Crippen LogP contribution is 2.29. The van der Waals surface area contributed by atoms with Crippen molar-refractivity contribution < 1.29 is 4.74 Å². The normalized spacial score (nSPS) is 12.2. The largest absolute Gasteiger partial charge is 0.497 e. The molecule has 0 radical (unpaired) electrons. The van der Waals surface area contributed by atoms with E-state index in [-0.39, 0.29) is 6.04 Å². The van der Waals surface area contributed by atoms with E-state index in [9.17, 15) is 0 Å². The maximum atomic E-state index is 6.23. The second-order valence-corrected chi connectivity index (χ2v) is 5.70. The quantitative estimate of drug-likeness (QED) is 0.816. The molecule has 1 atom stereocenters. The van der Waals surface area contributed by atoms with Crippen molar-refractivity contribution in [3.8, 4) is 5.75 Å². The van der Waals surface area contributed by atoms with Crippen LogP contribution in [0.15, 0.2) is 42.5 Å². The lowest BCUT2D eigenvalue weighted by atomic mass is 10.1. The molecular weight excluding hydrogens is 305 g/mol. The van der Waals surface area contributed by atoms with Crippen molar-refractivity contribution in [3.05, 3.63) is 63.6 Å². The lowest BCUT2D eigenvalue weighted by molar-refractivity contribution is 0.414. The molecule has 2 aromatic carbocycles. The summed E-state index contributed by atoms with van der Waals surface area (Å²) in [6.45, 7) is 2.96. The van der Waals surface area contributed by atoms with E-state index in [0.717, 1.165) is 24.3 Å². The second-order valence-electron chi connectivity index (χ2n) is 4.92. The summed E-state index contributed by atoms with van der Waals surface area (Å²) >= 11 is 12.3. The molecule has 2 nitrogen and oxygen atoms in total. The molecule has 2 aromatic rings. The summed E-state index contributed by atoms with van der Waals surface area (Å²) in [5.41, 5.74) is 2.30. The minimum absolute atomic E-state index is 0.162. The summed E-state index contributed by atoms with van der Waals surface area (Å²) < 4.78 is 5.15. The van der Waals surface area contributed by atoms with Crippen molar-refractivity contribution in [2.24, 2.45) is 0 Å². The Morgan fingerprint density at radius 3 is 2.48 bits per heavy atom. The Hall–Kier alpha value is -1.22. The SMILES string of the molecule is COc1ccc(CCNC(C)c2cccc(Cl)c2Cl)cc1.